The Balaban J connectivity index is 1.62. The van der Waals surface area contributed by atoms with Gasteiger partial charge >= 0.3 is 0 Å². The van der Waals surface area contributed by atoms with E-state index >= 15 is 0 Å². The summed E-state index contributed by atoms with van der Waals surface area (Å²) in [5.41, 5.74) is 0.844. The highest BCUT2D eigenvalue weighted by molar-refractivity contribution is 5.83. The van der Waals surface area contributed by atoms with Crippen LogP contribution in [-0.2, 0) is 9.59 Å². The quantitative estimate of drug-likeness (QED) is 0.733. The fourth-order valence-corrected chi connectivity index (χ4v) is 3.57. The lowest BCUT2D eigenvalue weighted by Gasteiger charge is -2.34. The summed E-state index contributed by atoms with van der Waals surface area (Å²) < 4.78 is 6.09. The van der Waals surface area contributed by atoms with Crippen LogP contribution in [-0.4, -0.2) is 35.8 Å². The number of hydrogen-bond acceptors (Lipinski definition) is 3. The number of para-hydroxylation sites is 1. The molecule has 154 valence electrons. The average Bonchev–Trinajstić information content (AvgIpc) is 2.77. The molecule has 0 spiro atoms. The SMILES string of the molecule is CCCCC(=O)NC1CCN(C(=O)C(Oc2ccccc2)c2ccccc2)CC1. The molecule has 1 N–H and O–H groups in total. The van der Waals surface area contributed by atoms with E-state index in [1.54, 1.807) is 0 Å². The Labute approximate surface area is 173 Å². The molecule has 1 fully saturated rings. The summed E-state index contributed by atoms with van der Waals surface area (Å²) in [5, 5.41) is 3.11. The molecule has 3 rings (SSSR count). The average molecular weight is 395 g/mol. The predicted molar refractivity (Wildman–Crippen MR) is 114 cm³/mol. The number of rotatable bonds is 8. The molecule has 1 saturated heterocycles. The lowest BCUT2D eigenvalue weighted by Crippen LogP contribution is -2.48. The van der Waals surface area contributed by atoms with Gasteiger partial charge in [-0.05, 0) is 31.4 Å². The van der Waals surface area contributed by atoms with Gasteiger partial charge in [-0.25, -0.2) is 0 Å². The van der Waals surface area contributed by atoms with Crippen molar-refractivity contribution in [2.24, 2.45) is 0 Å². The Morgan fingerprint density at radius 1 is 1.03 bits per heavy atom. The van der Waals surface area contributed by atoms with Gasteiger partial charge in [-0.15, -0.1) is 0 Å². The summed E-state index contributed by atoms with van der Waals surface area (Å²) in [6.07, 6.45) is 3.39. The van der Waals surface area contributed by atoms with Crippen molar-refractivity contribution in [2.45, 2.75) is 51.2 Å². The molecule has 1 aliphatic rings. The number of nitrogens with one attached hydrogen (secondary N) is 1. The molecule has 2 aromatic rings. The summed E-state index contributed by atoms with van der Waals surface area (Å²) in [6.45, 7) is 3.33. The van der Waals surface area contributed by atoms with E-state index in [2.05, 4.69) is 12.2 Å². The van der Waals surface area contributed by atoms with Gasteiger partial charge in [0.1, 0.15) is 5.75 Å². The lowest BCUT2D eigenvalue weighted by molar-refractivity contribution is -0.140. The fourth-order valence-electron chi connectivity index (χ4n) is 3.57. The molecule has 0 aromatic heterocycles. The van der Waals surface area contributed by atoms with E-state index in [-0.39, 0.29) is 17.9 Å². The van der Waals surface area contributed by atoms with E-state index in [1.807, 2.05) is 65.6 Å². The standard InChI is InChI=1S/C24H30N2O3/c1-2-3-14-22(27)25-20-15-17-26(18-16-20)24(28)23(19-10-6-4-7-11-19)29-21-12-8-5-9-13-21/h4-13,20,23H,2-3,14-18H2,1H3,(H,25,27). The normalized spacial score (nSPS) is 15.6. The molecule has 0 saturated carbocycles. The van der Waals surface area contributed by atoms with Crippen molar-refractivity contribution in [1.82, 2.24) is 10.2 Å². The third-order valence-corrected chi connectivity index (χ3v) is 5.25. The Bertz CT molecular complexity index is 771. The number of amides is 2. The molecule has 1 unspecified atom stereocenters. The number of likely N-dealkylation sites (tertiary alicyclic amines) is 1. The van der Waals surface area contributed by atoms with E-state index in [9.17, 15) is 9.59 Å². The minimum atomic E-state index is -0.672. The van der Waals surface area contributed by atoms with Gasteiger partial charge in [0, 0.05) is 31.1 Å². The second-order valence-corrected chi connectivity index (χ2v) is 7.49. The number of carbonyl (C=O) groups excluding carboxylic acids is 2. The van der Waals surface area contributed by atoms with Gasteiger partial charge in [0.15, 0.2) is 0 Å². The third-order valence-electron chi connectivity index (χ3n) is 5.25. The zero-order chi connectivity index (χ0) is 20.5. The van der Waals surface area contributed by atoms with E-state index in [0.29, 0.717) is 25.3 Å². The van der Waals surface area contributed by atoms with Crippen molar-refractivity contribution < 1.29 is 14.3 Å². The molecule has 2 amide bonds. The Kier molecular flexibility index (Phi) is 7.68. The van der Waals surface area contributed by atoms with Crippen LogP contribution in [0.3, 0.4) is 0 Å². The smallest absolute Gasteiger partial charge is 0.268 e. The minimum Gasteiger partial charge on any atom is -0.476 e. The molecule has 5 heteroatoms. The van der Waals surface area contributed by atoms with Crippen molar-refractivity contribution >= 4 is 11.8 Å². The van der Waals surface area contributed by atoms with E-state index < -0.39 is 6.10 Å². The van der Waals surface area contributed by atoms with E-state index in [0.717, 1.165) is 31.2 Å². The molecule has 2 aromatic carbocycles. The van der Waals surface area contributed by atoms with Crippen molar-refractivity contribution in [1.29, 1.82) is 0 Å². The number of unbranched alkanes of at least 4 members (excludes halogenated alkanes) is 1. The molecule has 0 bridgehead atoms. The number of carbonyl (C=O) groups is 2. The predicted octanol–water partition coefficient (Wildman–Crippen LogP) is 4.10. The molecule has 1 aliphatic heterocycles. The summed E-state index contributed by atoms with van der Waals surface area (Å²) >= 11 is 0. The van der Waals surface area contributed by atoms with Gasteiger partial charge in [-0.3, -0.25) is 9.59 Å². The van der Waals surface area contributed by atoms with Gasteiger partial charge in [-0.1, -0.05) is 61.9 Å². The Morgan fingerprint density at radius 3 is 2.28 bits per heavy atom. The highest BCUT2D eigenvalue weighted by atomic mass is 16.5. The number of ether oxygens (including phenoxy) is 1. The van der Waals surface area contributed by atoms with Gasteiger partial charge < -0.3 is 15.0 Å². The summed E-state index contributed by atoms with van der Waals surface area (Å²) in [5.74, 6) is 0.759. The first-order chi connectivity index (χ1) is 14.2. The molecule has 1 heterocycles. The van der Waals surface area contributed by atoms with Crippen LogP contribution in [0.5, 0.6) is 5.75 Å². The number of piperidine rings is 1. The maximum Gasteiger partial charge on any atom is 0.268 e. The number of benzene rings is 2. The molecule has 0 aliphatic carbocycles. The first-order valence-corrected chi connectivity index (χ1v) is 10.5. The highest BCUT2D eigenvalue weighted by Crippen LogP contribution is 2.25. The second kappa shape index (κ2) is 10.6. The fraction of sp³-hybridized carbons (Fsp3) is 0.417. The number of hydrogen-bond donors (Lipinski definition) is 1. The summed E-state index contributed by atoms with van der Waals surface area (Å²) in [4.78, 5) is 27.1. The number of nitrogens with zero attached hydrogens (tertiary/aromatic N) is 1. The van der Waals surface area contributed by atoms with Crippen LogP contribution >= 0.6 is 0 Å². The largest absolute Gasteiger partial charge is 0.476 e. The van der Waals surface area contributed by atoms with Crippen LogP contribution in [0.4, 0.5) is 0 Å². The first-order valence-electron chi connectivity index (χ1n) is 10.5. The monoisotopic (exact) mass is 394 g/mol. The zero-order valence-electron chi connectivity index (χ0n) is 17.0. The molecule has 5 nitrogen and oxygen atoms in total. The van der Waals surface area contributed by atoms with Crippen LogP contribution in [0.15, 0.2) is 60.7 Å². The van der Waals surface area contributed by atoms with Crippen molar-refractivity contribution in [3.05, 3.63) is 66.2 Å². The third kappa shape index (κ3) is 6.08. The van der Waals surface area contributed by atoms with E-state index in [1.165, 1.54) is 0 Å². The Hall–Kier alpha value is -2.82. The van der Waals surface area contributed by atoms with Crippen LogP contribution in [0, 0.1) is 0 Å². The maximum absolute atomic E-state index is 13.3. The molecular weight excluding hydrogens is 364 g/mol. The van der Waals surface area contributed by atoms with Gasteiger partial charge in [0.05, 0.1) is 0 Å². The van der Waals surface area contributed by atoms with Crippen molar-refractivity contribution in [3.63, 3.8) is 0 Å². The summed E-state index contributed by atoms with van der Waals surface area (Å²) in [7, 11) is 0. The van der Waals surface area contributed by atoms with Gasteiger partial charge in [-0.2, -0.15) is 0 Å². The van der Waals surface area contributed by atoms with Crippen molar-refractivity contribution in [2.75, 3.05) is 13.1 Å². The zero-order valence-corrected chi connectivity index (χ0v) is 17.0. The van der Waals surface area contributed by atoms with Crippen LogP contribution in [0.25, 0.3) is 0 Å². The second-order valence-electron chi connectivity index (χ2n) is 7.49. The first kappa shape index (κ1) is 20.9. The van der Waals surface area contributed by atoms with Gasteiger partial charge in [0.2, 0.25) is 12.0 Å². The molecular formula is C24H30N2O3. The Morgan fingerprint density at radius 2 is 1.66 bits per heavy atom. The van der Waals surface area contributed by atoms with Crippen molar-refractivity contribution in [3.8, 4) is 5.75 Å². The molecule has 1 atom stereocenters. The highest BCUT2D eigenvalue weighted by Gasteiger charge is 2.31. The topological polar surface area (TPSA) is 58.6 Å². The lowest BCUT2D eigenvalue weighted by atomic mass is 10.0. The summed E-state index contributed by atoms with van der Waals surface area (Å²) in [6, 6.07) is 19.2. The maximum atomic E-state index is 13.3. The van der Waals surface area contributed by atoms with Gasteiger partial charge in [0.25, 0.3) is 5.91 Å². The van der Waals surface area contributed by atoms with Crippen LogP contribution in [0.2, 0.25) is 0 Å². The molecule has 29 heavy (non-hydrogen) atoms. The van der Waals surface area contributed by atoms with Crippen LogP contribution in [0.1, 0.15) is 50.7 Å². The minimum absolute atomic E-state index is 0.0317. The molecule has 0 radical (unpaired) electrons. The van der Waals surface area contributed by atoms with E-state index in [4.69, 9.17) is 4.74 Å². The van der Waals surface area contributed by atoms with Crippen LogP contribution < -0.4 is 10.1 Å².